The molecule has 0 saturated carbocycles. The number of allylic oxidation sites excluding steroid dienone is 2. The number of hydrogen-bond donors (Lipinski definition) is 3. The van der Waals surface area contributed by atoms with Crippen LogP contribution in [0.15, 0.2) is 59.1 Å². The average molecular weight is 499 g/mol. The van der Waals surface area contributed by atoms with Gasteiger partial charge in [0.05, 0.1) is 0 Å². The van der Waals surface area contributed by atoms with Crippen molar-refractivity contribution in [3.8, 4) is 11.3 Å². The molecule has 184 valence electrons. The summed E-state index contributed by atoms with van der Waals surface area (Å²) in [6.07, 6.45) is 4.15. The van der Waals surface area contributed by atoms with Gasteiger partial charge in [0.2, 0.25) is 0 Å². The third-order valence-electron chi connectivity index (χ3n) is 5.54. The summed E-state index contributed by atoms with van der Waals surface area (Å²) in [5.41, 5.74) is 5.31. The molecular weight excluding hydrogens is 472 g/mol. The largest absolute Gasteiger partial charge is 0.503 e. The van der Waals surface area contributed by atoms with Gasteiger partial charge >= 0.3 is 12.2 Å². The molecule has 1 aliphatic carbocycles. The highest BCUT2D eigenvalue weighted by molar-refractivity contribution is 6.31. The standard InChI is InChI=1S/C25H25ClN2O3.CH2O3/c1-16(21-10-6-7-11-22(21)26)30-25(29)27-23-17(2)31-28-24(23)20-14-12-19(13-15-20)18-8-4-3-5-9-18;2-1(3)4/h6-8,10-16H,3-5,9H2,1-2H3,(H,27,29);(H2,2,3,4). The number of aromatic nitrogens is 1. The zero-order valence-electron chi connectivity index (χ0n) is 19.5. The molecule has 3 N–H and O–H groups in total. The van der Waals surface area contributed by atoms with Crippen molar-refractivity contribution in [2.75, 3.05) is 5.32 Å². The molecule has 0 radical (unpaired) electrons. The van der Waals surface area contributed by atoms with E-state index in [9.17, 15) is 4.79 Å². The Labute approximate surface area is 208 Å². The number of ether oxygens (including phenoxy) is 1. The monoisotopic (exact) mass is 498 g/mol. The number of amides is 1. The van der Waals surface area contributed by atoms with E-state index < -0.39 is 18.4 Å². The van der Waals surface area contributed by atoms with Crippen LogP contribution in [0.25, 0.3) is 16.8 Å². The Morgan fingerprint density at radius 3 is 2.37 bits per heavy atom. The Bertz CT molecular complexity index is 1200. The molecule has 0 spiro atoms. The van der Waals surface area contributed by atoms with Gasteiger partial charge in [0.15, 0.2) is 5.76 Å². The molecule has 1 amide bonds. The van der Waals surface area contributed by atoms with Gasteiger partial charge in [-0.2, -0.15) is 0 Å². The summed E-state index contributed by atoms with van der Waals surface area (Å²) < 4.78 is 10.9. The molecule has 1 heterocycles. The molecular formula is C26H27ClN2O6. The normalized spacial score (nSPS) is 13.6. The number of nitrogens with zero attached hydrogens (tertiary/aromatic N) is 1. The summed E-state index contributed by atoms with van der Waals surface area (Å²) in [5.74, 6) is 0.511. The van der Waals surface area contributed by atoms with Crippen molar-refractivity contribution in [3.05, 3.63) is 76.5 Å². The van der Waals surface area contributed by atoms with Crippen LogP contribution in [0.3, 0.4) is 0 Å². The number of aryl methyl sites for hydroxylation is 1. The maximum atomic E-state index is 12.5. The number of halogens is 1. The Kier molecular flexibility index (Phi) is 8.92. The number of benzene rings is 2. The van der Waals surface area contributed by atoms with Crippen LogP contribution in [0, 0.1) is 6.92 Å². The maximum absolute atomic E-state index is 12.5. The van der Waals surface area contributed by atoms with E-state index in [0.717, 1.165) is 24.0 Å². The zero-order valence-corrected chi connectivity index (χ0v) is 20.2. The molecule has 35 heavy (non-hydrogen) atoms. The highest BCUT2D eigenvalue weighted by atomic mass is 35.5. The molecule has 4 rings (SSSR count). The SMILES string of the molecule is Cc1onc(-c2ccc(C3=CCCCC3)cc2)c1NC(=O)OC(C)c1ccccc1Cl.O=C(O)O. The molecule has 0 aliphatic heterocycles. The third kappa shape index (κ3) is 7.10. The van der Waals surface area contributed by atoms with Gasteiger partial charge < -0.3 is 19.5 Å². The Hall–Kier alpha value is -3.78. The molecule has 3 aromatic rings. The van der Waals surface area contributed by atoms with E-state index in [-0.39, 0.29) is 0 Å². The first-order valence-corrected chi connectivity index (χ1v) is 11.5. The number of hydrogen-bond acceptors (Lipinski definition) is 5. The van der Waals surface area contributed by atoms with Gasteiger partial charge in [-0.05, 0) is 56.7 Å². The highest BCUT2D eigenvalue weighted by Gasteiger charge is 2.20. The molecule has 9 heteroatoms. The van der Waals surface area contributed by atoms with E-state index in [1.54, 1.807) is 19.9 Å². The molecule has 1 aromatic heterocycles. The molecule has 8 nitrogen and oxygen atoms in total. The lowest BCUT2D eigenvalue weighted by atomic mass is 9.93. The summed E-state index contributed by atoms with van der Waals surface area (Å²) in [5, 5.41) is 21.4. The van der Waals surface area contributed by atoms with E-state index in [2.05, 4.69) is 28.7 Å². The summed E-state index contributed by atoms with van der Waals surface area (Å²) >= 11 is 6.20. The van der Waals surface area contributed by atoms with Crippen LogP contribution in [0.1, 0.15) is 55.6 Å². The van der Waals surface area contributed by atoms with Crippen molar-refractivity contribution in [1.29, 1.82) is 0 Å². The Morgan fingerprint density at radius 2 is 1.74 bits per heavy atom. The lowest BCUT2D eigenvalue weighted by Crippen LogP contribution is -2.17. The smallest absolute Gasteiger partial charge is 0.450 e. The number of carboxylic acid groups (broad SMARTS) is 2. The quantitative estimate of drug-likeness (QED) is 0.328. The molecule has 1 atom stereocenters. The second-order valence-electron chi connectivity index (χ2n) is 7.99. The van der Waals surface area contributed by atoms with Crippen molar-refractivity contribution in [2.45, 2.75) is 45.6 Å². The van der Waals surface area contributed by atoms with Gasteiger partial charge in [0, 0.05) is 16.1 Å². The summed E-state index contributed by atoms with van der Waals surface area (Å²) in [6.45, 7) is 3.53. The van der Waals surface area contributed by atoms with E-state index in [4.69, 9.17) is 35.9 Å². The van der Waals surface area contributed by atoms with Crippen molar-refractivity contribution >= 4 is 35.1 Å². The van der Waals surface area contributed by atoms with E-state index >= 15 is 0 Å². The minimum atomic E-state index is -1.83. The zero-order chi connectivity index (χ0) is 25.4. The number of rotatable bonds is 5. The minimum Gasteiger partial charge on any atom is -0.450 e. The van der Waals surface area contributed by atoms with Gasteiger partial charge in [-0.15, -0.1) is 0 Å². The maximum Gasteiger partial charge on any atom is 0.503 e. The van der Waals surface area contributed by atoms with E-state index in [1.165, 1.54) is 24.0 Å². The average Bonchev–Trinajstić information content (AvgIpc) is 3.19. The molecule has 1 aliphatic rings. The Morgan fingerprint density at radius 1 is 1.09 bits per heavy atom. The predicted octanol–water partition coefficient (Wildman–Crippen LogP) is 7.79. The van der Waals surface area contributed by atoms with E-state index in [1.807, 2.05) is 30.3 Å². The fourth-order valence-electron chi connectivity index (χ4n) is 3.82. The summed E-state index contributed by atoms with van der Waals surface area (Å²) in [7, 11) is 0. The topological polar surface area (TPSA) is 122 Å². The lowest BCUT2D eigenvalue weighted by molar-refractivity contribution is 0.121. The fraction of sp³-hybridized carbons (Fsp3) is 0.269. The third-order valence-corrected chi connectivity index (χ3v) is 5.88. The summed E-state index contributed by atoms with van der Waals surface area (Å²) in [6, 6.07) is 15.5. The fourth-order valence-corrected chi connectivity index (χ4v) is 4.11. The molecule has 0 fully saturated rings. The van der Waals surface area contributed by atoms with Crippen LogP contribution < -0.4 is 5.32 Å². The van der Waals surface area contributed by atoms with Crippen LogP contribution in [0.5, 0.6) is 0 Å². The van der Waals surface area contributed by atoms with Crippen LogP contribution in [-0.2, 0) is 4.74 Å². The summed E-state index contributed by atoms with van der Waals surface area (Å²) in [4.78, 5) is 21.1. The van der Waals surface area contributed by atoms with Crippen LogP contribution in [-0.4, -0.2) is 27.6 Å². The first kappa shape index (κ1) is 25.8. The van der Waals surface area contributed by atoms with Crippen molar-refractivity contribution in [2.24, 2.45) is 0 Å². The molecule has 0 saturated heterocycles. The van der Waals surface area contributed by atoms with Crippen LogP contribution >= 0.6 is 11.6 Å². The van der Waals surface area contributed by atoms with Crippen LogP contribution in [0.2, 0.25) is 5.02 Å². The molecule has 0 bridgehead atoms. The van der Waals surface area contributed by atoms with Gasteiger partial charge in [0.1, 0.15) is 17.5 Å². The van der Waals surface area contributed by atoms with Crippen LogP contribution in [0.4, 0.5) is 15.3 Å². The van der Waals surface area contributed by atoms with Gasteiger partial charge in [-0.1, -0.05) is 65.3 Å². The van der Waals surface area contributed by atoms with Crippen molar-refractivity contribution in [3.63, 3.8) is 0 Å². The molecule has 2 aromatic carbocycles. The first-order chi connectivity index (χ1) is 16.8. The number of carbonyl (C=O) groups excluding carboxylic acids is 1. The van der Waals surface area contributed by atoms with Gasteiger partial charge in [-0.25, -0.2) is 9.59 Å². The first-order valence-electron chi connectivity index (χ1n) is 11.2. The minimum absolute atomic E-state index is 0.500. The molecule has 1 unspecified atom stereocenters. The Balaban J connectivity index is 0.000000795. The number of carbonyl (C=O) groups is 2. The highest BCUT2D eigenvalue weighted by Crippen LogP contribution is 2.33. The second-order valence-corrected chi connectivity index (χ2v) is 8.40. The van der Waals surface area contributed by atoms with E-state index in [0.29, 0.717) is 22.2 Å². The number of anilines is 1. The van der Waals surface area contributed by atoms with Gasteiger partial charge in [0.25, 0.3) is 0 Å². The van der Waals surface area contributed by atoms with Crippen molar-refractivity contribution in [1.82, 2.24) is 5.16 Å². The number of nitrogens with one attached hydrogen (secondary N) is 1. The van der Waals surface area contributed by atoms with Gasteiger partial charge in [-0.3, -0.25) is 5.32 Å². The predicted molar refractivity (Wildman–Crippen MR) is 134 cm³/mol. The lowest BCUT2D eigenvalue weighted by Gasteiger charge is -2.15. The van der Waals surface area contributed by atoms with Crippen molar-refractivity contribution < 1.29 is 29.1 Å². The second kappa shape index (κ2) is 12.1.